The fraction of sp³-hybridized carbons (Fsp3) is 0.378. The smallest absolute Gasteiger partial charge is 0.550 e. The number of carbonyl (C=O) groups excluding carboxylic acids is 1. The molecule has 0 radical (unpaired) electrons. The average Bonchev–Trinajstić information content (AvgIpc) is 3.06. The normalized spacial score (nSPS) is 11.9. The molecule has 1 heterocycles. The number of carbonyl (C=O) groups is 1. The van der Waals surface area contributed by atoms with E-state index in [4.69, 9.17) is 18.9 Å². The molecule has 0 amide bonds. The van der Waals surface area contributed by atoms with Gasteiger partial charge < -0.3 is 33.7 Å². The Balaban J connectivity index is 0.00000756. The molecule has 1 aromatic heterocycles. The van der Waals surface area contributed by atoms with Gasteiger partial charge in [0.1, 0.15) is 11.4 Å². The molecule has 0 N–H and O–H groups in total. The molecule has 0 saturated carbocycles. The van der Waals surface area contributed by atoms with E-state index < -0.39 is 48.0 Å². The molecule has 0 saturated heterocycles. The van der Waals surface area contributed by atoms with Gasteiger partial charge in [0.15, 0.2) is 17.2 Å². The molecule has 0 aliphatic heterocycles. The molecule has 0 unspecified atom stereocenters. The molecule has 4 aromatic rings. The third-order valence-corrected chi connectivity index (χ3v) is 8.03. The summed E-state index contributed by atoms with van der Waals surface area (Å²) in [6.07, 6.45) is -8.14. The van der Waals surface area contributed by atoms with E-state index in [0.717, 1.165) is 5.56 Å². The molecular formula is C37H38F6N3NaO6. The molecule has 4 rings (SSSR count). The number of hydrogen-bond donors (Lipinski definition) is 0. The van der Waals surface area contributed by atoms with E-state index in [0.29, 0.717) is 46.1 Å². The van der Waals surface area contributed by atoms with Crippen molar-refractivity contribution >= 4 is 11.9 Å². The first kappa shape index (κ1) is 43.2. The maximum atomic E-state index is 13.9. The van der Waals surface area contributed by atoms with Gasteiger partial charge >= 0.3 is 41.9 Å². The quantitative estimate of drug-likeness (QED) is 0.132. The minimum absolute atomic E-state index is 0. The summed E-state index contributed by atoms with van der Waals surface area (Å²) in [5.41, 5.74) is -1.78. The molecule has 280 valence electrons. The molecule has 0 aliphatic carbocycles. The number of methoxy groups -OCH3 is 3. The van der Waals surface area contributed by atoms with Crippen molar-refractivity contribution < 1.29 is 84.7 Å². The number of aliphatic carboxylic acids is 1. The van der Waals surface area contributed by atoms with Crippen molar-refractivity contribution in [3.8, 4) is 34.1 Å². The Labute approximate surface area is 325 Å². The van der Waals surface area contributed by atoms with E-state index in [2.05, 4.69) is 9.97 Å². The number of carboxylic acid groups (broad SMARTS) is 1. The second-order valence-corrected chi connectivity index (χ2v) is 12.9. The van der Waals surface area contributed by atoms with Crippen LogP contribution >= 0.6 is 0 Å². The van der Waals surface area contributed by atoms with Crippen LogP contribution in [0.3, 0.4) is 0 Å². The summed E-state index contributed by atoms with van der Waals surface area (Å²) >= 11 is 0. The SMILES string of the molecule is COc1cc(CN(Cc2cc(C(F)(F)F)cc(C(F)(F)F)c2)c2ncc(OC(C)(C)CC(=O)[O-])cn2)c(-c2cc(C(C)C)ccc2OC)cc1OC.[Na+]. The van der Waals surface area contributed by atoms with Crippen LogP contribution in [0.5, 0.6) is 23.0 Å². The number of ether oxygens (including phenoxy) is 4. The van der Waals surface area contributed by atoms with Gasteiger partial charge in [-0.2, -0.15) is 26.3 Å². The van der Waals surface area contributed by atoms with E-state index in [1.165, 1.54) is 52.5 Å². The van der Waals surface area contributed by atoms with Gasteiger partial charge in [0.25, 0.3) is 0 Å². The maximum absolute atomic E-state index is 13.9. The number of benzene rings is 3. The standard InChI is InChI=1S/C37H39F6N3O6.Na/c1-21(2)23-8-9-30(49-5)29(12-23)28-15-32(51-7)31(50-6)13-24(28)20-46(34-44-17-27(18-45-34)52-35(3,4)16-33(47)48)19-22-10-25(36(38,39)40)14-26(11-22)37(41,42)43;/h8-15,17-18,21H,16,19-20H2,1-7H3,(H,47,48);/q;+1/p-1. The predicted molar refractivity (Wildman–Crippen MR) is 178 cm³/mol. The van der Waals surface area contributed by atoms with Gasteiger partial charge in [-0.15, -0.1) is 0 Å². The molecule has 3 aromatic carbocycles. The number of nitrogens with zero attached hydrogens (tertiary/aromatic N) is 3. The maximum Gasteiger partial charge on any atom is 1.00 e. The summed E-state index contributed by atoms with van der Waals surface area (Å²) in [4.78, 5) is 21.2. The molecule has 0 atom stereocenters. The van der Waals surface area contributed by atoms with Crippen LogP contribution in [0.15, 0.2) is 60.9 Å². The zero-order valence-electron chi connectivity index (χ0n) is 30.5. The molecule has 0 spiro atoms. The van der Waals surface area contributed by atoms with Crippen molar-refractivity contribution in [2.75, 3.05) is 26.2 Å². The third-order valence-electron chi connectivity index (χ3n) is 8.03. The number of rotatable bonds is 14. The fourth-order valence-corrected chi connectivity index (χ4v) is 5.56. The molecule has 0 fully saturated rings. The van der Waals surface area contributed by atoms with Crippen LogP contribution in [-0.4, -0.2) is 42.9 Å². The first-order valence-electron chi connectivity index (χ1n) is 15.9. The van der Waals surface area contributed by atoms with Crippen molar-refractivity contribution in [1.82, 2.24) is 9.97 Å². The molecule has 53 heavy (non-hydrogen) atoms. The van der Waals surface area contributed by atoms with Gasteiger partial charge in [-0.1, -0.05) is 19.9 Å². The van der Waals surface area contributed by atoms with Crippen molar-refractivity contribution in [1.29, 1.82) is 0 Å². The number of halogens is 6. The zero-order chi connectivity index (χ0) is 38.6. The van der Waals surface area contributed by atoms with E-state index in [9.17, 15) is 36.2 Å². The van der Waals surface area contributed by atoms with Crippen LogP contribution in [0, 0.1) is 0 Å². The molecule has 9 nitrogen and oxygen atoms in total. The molecule has 0 bridgehead atoms. The van der Waals surface area contributed by atoms with Gasteiger partial charge in [0.05, 0.1) is 44.8 Å². The number of aromatic nitrogens is 2. The number of hydrogen-bond acceptors (Lipinski definition) is 9. The first-order chi connectivity index (χ1) is 24.2. The van der Waals surface area contributed by atoms with E-state index in [1.54, 1.807) is 18.2 Å². The fourth-order valence-electron chi connectivity index (χ4n) is 5.56. The summed E-state index contributed by atoms with van der Waals surface area (Å²) in [6, 6.07) is 10.3. The first-order valence-corrected chi connectivity index (χ1v) is 15.9. The minimum atomic E-state index is -5.07. The van der Waals surface area contributed by atoms with Crippen LogP contribution < -0.4 is 58.5 Å². The predicted octanol–water partition coefficient (Wildman–Crippen LogP) is 4.84. The summed E-state index contributed by atoms with van der Waals surface area (Å²) in [5.74, 6) is -0.0920. The Morgan fingerprint density at radius 1 is 0.774 bits per heavy atom. The summed E-state index contributed by atoms with van der Waals surface area (Å²) < 4.78 is 106. The largest absolute Gasteiger partial charge is 1.00 e. The Bertz CT molecular complexity index is 1850. The van der Waals surface area contributed by atoms with E-state index in [-0.39, 0.29) is 65.3 Å². The molecule has 16 heteroatoms. The number of alkyl halides is 6. The van der Waals surface area contributed by atoms with Gasteiger partial charge in [0.2, 0.25) is 5.95 Å². The van der Waals surface area contributed by atoms with E-state index in [1.807, 2.05) is 26.0 Å². The van der Waals surface area contributed by atoms with E-state index >= 15 is 0 Å². The zero-order valence-corrected chi connectivity index (χ0v) is 32.5. The van der Waals surface area contributed by atoms with Gasteiger partial charge in [-0.05, 0) is 84.5 Å². The van der Waals surface area contributed by atoms with Crippen molar-refractivity contribution in [2.45, 2.75) is 71.1 Å². The Morgan fingerprint density at radius 3 is 1.81 bits per heavy atom. The van der Waals surface area contributed by atoms with Gasteiger partial charge in [-0.3, -0.25) is 0 Å². The number of carboxylic acids is 1. The Kier molecular flexibility index (Phi) is 14.1. The second kappa shape index (κ2) is 17.3. The summed E-state index contributed by atoms with van der Waals surface area (Å²) in [5, 5.41) is 11.2. The van der Waals surface area contributed by atoms with Crippen LogP contribution in [-0.2, 0) is 30.2 Å². The van der Waals surface area contributed by atoms with Crippen molar-refractivity contribution in [3.05, 3.63) is 88.7 Å². The van der Waals surface area contributed by atoms with Crippen molar-refractivity contribution in [2.24, 2.45) is 0 Å². The van der Waals surface area contributed by atoms with Crippen molar-refractivity contribution in [3.63, 3.8) is 0 Å². The third kappa shape index (κ3) is 11.2. The molecule has 0 aliphatic rings. The Hall–Kier alpha value is -4.21. The Morgan fingerprint density at radius 2 is 1.32 bits per heavy atom. The topological polar surface area (TPSA) is 106 Å². The minimum Gasteiger partial charge on any atom is -0.550 e. The number of anilines is 1. The van der Waals surface area contributed by atoms with Gasteiger partial charge in [0, 0.05) is 31.0 Å². The second-order valence-electron chi connectivity index (χ2n) is 12.9. The van der Waals surface area contributed by atoms with Crippen LogP contribution in [0.1, 0.15) is 67.9 Å². The summed E-state index contributed by atoms with van der Waals surface area (Å²) in [7, 11) is 4.37. The average molecular weight is 758 g/mol. The van der Waals surface area contributed by atoms with Crippen LogP contribution in [0.2, 0.25) is 0 Å². The van der Waals surface area contributed by atoms with Crippen LogP contribution in [0.4, 0.5) is 32.3 Å². The van der Waals surface area contributed by atoms with Crippen LogP contribution in [0.25, 0.3) is 11.1 Å². The monoisotopic (exact) mass is 757 g/mol. The summed E-state index contributed by atoms with van der Waals surface area (Å²) in [6.45, 7) is 6.39. The molecular weight excluding hydrogens is 719 g/mol. The van der Waals surface area contributed by atoms with Gasteiger partial charge in [-0.25, -0.2) is 9.97 Å².